The van der Waals surface area contributed by atoms with Crippen molar-refractivity contribution in [2.75, 3.05) is 0 Å². The van der Waals surface area contributed by atoms with E-state index in [0.717, 1.165) is 6.07 Å². The maximum Gasteiger partial charge on any atom is 0.339 e. The summed E-state index contributed by atoms with van der Waals surface area (Å²) in [6, 6.07) is 3.41. The van der Waals surface area contributed by atoms with Gasteiger partial charge in [0.25, 0.3) is 10.1 Å². The van der Waals surface area contributed by atoms with Crippen LogP contribution in [0.3, 0.4) is 0 Å². The van der Waals surface area contributed by atoms with E-state index in [1.54, 1.807) is 0 Å². The summed E-state index contributed by atoms with van der Waals surface area (Å²) in [6.07, 6.45) is 0. The Hall–Kier alpha value is -1.60. The second kappa shape index (κ2) is 3.28. The van der Waals surface area contributed by atoms with Gasteiger partial charge in [0.05, 0.1) is 4.90 Å². The van der Waals surface area contributed by atoms with Crippen LogP contribution in [-0.4, -0.2) is 29.2 Å². The highest BCUT2D eigenvalue weighted by Crippen LogP contribution is 2.20. The van der Waals surface area contributed by atoms with Gasteiger partial charge >= 0.3 is 5.97 Å². The van der Waals surface area contributed by atoms with E-state index in [2.05, 4.69) is 0 Å². The molecule has 3 N–H and O–H groups in total. The van der Waals surface area contributed by atoms with Crippen molar-refractivity contribution in [3.8, 4) is 5.75 Å². The van der Waals surface area contributed by atoms with E-state index in [1.165, 1.54) is 0 Å². The Morgan fingerprint density at radius 3 is 2.43 bits per heavy atom. The Morgan fingerprint density at radius 1 is 1.43 bits per heavy atom. The monoisotopic (exact) mass is 217 g/mol. The van der Waals surface area contributed by atoms with E-state index in [9.17, 15) is 13.2 Å². The van der Waals surface area contributed by atoms with Gasteiger partial charge in [0.15, 0.2) is 0 Å². The zero-order valence-corrected chi connectivity index (χ0v) is 7.45. The number of phenols is 1. The first-order chi connectivity index (χ1) is 6.32. The van der Waals surface area contributed by atoms with E-state index in [1.807, 2.05) is 6.07 Å². The van der Waals surface area contributed by atoms with E-state index >= 15 is 0 Å². The molecule has 75 valence electrons. The Bertz CT molecular complexity index is 475. The minimum absolute atomic E-state index is 0.632. The molecular weight excluding hydrogens is 212 g/mol. The third-order valence-corrected chi connectivity index (χ3v) is 2.25. The molecule has 1 radical (unpaired) electrons. The van der Waals surface area contributed by atoms with Gasteiger partial charge in [-0.1, -0.05) is 0 Å². The fourth-order valence-corrected chi connectivity index (χ4v) is 1.26. The summed E-state index contributed by atoms with van der Waals surface area (Å²) >= 11 is 0. The summed E-state index contributed by atoms with van der Waals surface area (Å²) in [6.45, 7) is 0. The molecule has 0 aromatic heterocycles. The number of carbonyl (C=O) groups is 1. The van der Waals surface area contributed by atoms with Gasteiger partial charge in [-0.3, -0.25) is 4.55 Å². The van der Waals surface area contributed by atoms with Crippen LogP contribution in [0.15, 0.2) is 17.0 Å². The molecule has 0 unspecified atom stereocenters. The van der Waals surface area contributed by atoms with Gasteiger partial charge in [-0.25, -0.2) is 4.79 Å². The topological polar surface area (TPSA) is 112 Å². The lowest BCUT2D eigenvalue weighted by Crippen LogP contribution is -2.02. The van der Waals surface area contributed by atoms with Crippen LogP contribution in [0.1, 0.15) is 10.4 Å². The highest BCUT2D eigenvalue weighted by Gasteiger charge is 2.16. The lowest BCUT2D eigenvalue weighted by Gasteiger charge is -2.00. The van der Waals surface area contributed by atoms with Crippen molar-refractivity contribution < 1.29 is 28.0 Å². The normalized spacial score (nSPS) is 11.2. The summed E-state index contributed by atoms with van der Waals surface area (Å²) in [7, 11) is -4.48. The van der Waals surface area contributed by atoms with E-state index < -0.39 is 32.3 Å². The van der Waals surface area contributed by atoms with Crippen LogP contribution in [0.2, 0.25) is 0 Å². The zero-order chi connectivity index (χ0) is 10.9. The highest BCUT2D eigenvalue weighted by molar-refractivity contribution is 7.85. The number of carboxylic acid groups (broad SMARTS) is 1. The predicted molar refractivity (Wildman–Crippen MR) is 43.7 cm³/mol. The third-order valence-electron chi connectivity index (χ3n) is 1.42. The molecule has 0 bridgehead atoms. The first kappa shape index (κ1) is 10.5. The quantitative estimate of drug-likeness (QED) is 0.607. The summed E-state index contributed by atoms with van der Waals surface area (Å²) in [4.78, 5) is 9.81. The zero-order valence-electron chi connectivity index (χ0n) is 6.63. The molecule has 0 aliphatic heterocycles. The van der Waals surface area contributed by atoms with Gasteiger partial charge < -0.3 is 10.2 Å². The van der Waals surface area contributed by atoms with Crippen LogP contribution in [0.25, 0.3) is 0 Å². The molecule has 0 spiro atoms. The molecular formula is C7H5O6S. The molecule has 0 aliphatic carbocycles. The van der Waals surface area contributed by atoms with Crippen molar-refractivity contribution in [1.29, 1.82) is 0 Å². The molecule has 0 aliphatic rings. The number of hydrogen-bond acceptors (Lipinski definition) is 4. The Kier molecular flexibility index (Phi) is 2.45. The summed E-state index contributed by atoms with van der Waals surface area (Å²) in [5.41, 5.74) is -0.639. The van der Waals surface area contributed by atoms with Gasteiger partial charge in [-0.2, -0.15) is 8.42 Å². The second-order valence-electron chi connectivity index (χ2n) is 2.38. The minimum Gasteiger partial charge on any atom is -0.506 e. The number of carboxylic acids is 1. The van der Waals surface area contributed by atoms with Crippen LogP contribution >= 0.6 is 0 Å². The lowest BCUT2D eigenvalue weighted by atomic mass is 10.2. The SMILES string of the molecule is O=C(O)c1cc(S(=O)(=O)O)c[c]c1O. The summed E-state index contributed by atoms with van der Waals surface area (Å²) < 4.78 is 29.7. The van der Waals surface area contributed by atoms with Gasteiger partial charge in [0, 0.05) is 6.07 Å². The molecule has 0 saturated carbocycles. The summed E-state index contributed by atoms with van der Waals surface area (Å²) in [5.74, 6) is -2.20. The minimum atomic E-state index is -4.48. The maximum absolute atomic E-state index is 10.6. The van der Waals surface area contributed by atoms with Crippen LogP contribution in [0.4, 0.5) is 0 Å². The van der Waals surface area contributed by atoms with Crippen molar-refractivity contribution in [1.82, 2.24) is 0 Å². The molecule has 0 fully saturated rings. The van der Waals surface area contributed by atoms with Crippen molar-refractivity contribution in [3.63, 3.8) is 0 Å². The maximum atomic E-state index is 10.6. The Morgan fingerprint density at radius 2 is 2.00 bits per heavy atom. The lowest BCUT2D eigenvalue weighted by molar-refractivity contribution is 0.0693. The van der Waals surface area contributed by atoms with Gasteiger partial charge in [-0.15, -0.1) is 0 Å². The molecule has 14 heavy (non-hydrogen) atoms. The molecule has 1 rings (SSSR count). The smallest absolute Gasteiger partial charge is 0.339 e. The van der Waals surface area contributed by atoms with E-state index in [4.69, 9.17) is 14.8 Å². The first-order valence-electron chi connectivity index (χ1n) is 3.28. The molecule has 6 nitrogen and oxygen atoms in total. The third kappa shape index (κ3) is 2.01. The number of rotatable bonds is 2. The average Bonchev–Trinajstić information content (AvgIpc) is 2.02. The fourth-order valence-electron chi connectivity index (χ4n) is 0.781. The van der Waals surface area contributed by atoms with Gasteiger partial charge in [0.1, 0.15) is 11.3 Å². The molecule has 0 atom stereocenters. The Labute approximate surface area is 79.2 Å². The van der Waals surface area contributed by atoms with Crippen LogP contribution < -0.4 is 0 Å². The molecule has 1 aromatic carbocycles. The van der Waals surface area contributed by atoms with Gasteiger partial charge in [0.2, 0.25) is 0 Å². The Balaban J connectivity index is 3.42. The number of benzene rings is 1. The average molecular weight is 217 g/mol. The fraction of sp³-hybridized carbons (Fsp3) is 0. The van der Waals surface area contributed by atoms with Crippen molar-refractivity contribution >= 4 is 16.1 Å². The van der Waals surface area contributed by atoms with Crippen molar-refractivity contribution in [2.45, 2.75) is 4.90 Å². The molecule has 0 saturated heterocycles. The van der Waals surface area contributed by atoms with E-state index in [-0.39, 0.29) is 0 Å². The predicted octanol–water partition coefficient (Wildman–Crippen LogP) is 0.137. The number of hydrogen-bond donors (Lipinski definition) is 3. The second-order valence-corrected chi connectivity index (χ2v) is 3.80. The van der Waals surface area contributed by atoms with Crippen LogP contribution in [-0.2, 0) is 10.1 Å². The highest BCUT2D eigenvalue weighted by atomic mass is 32.2. The molecule has 7 heteroatoms. The standard InChI is InChI=1S/C7H5O6S/c8-6-2-1-4(14(11,12)13)3-5(6)7(9)10/h1,3,8H,(H,9,10)(H,11,12,13). The van der Waals surface area contributed by atoms with E-state index in [0.29, 0.717) is 6.07 Å². The van der Waals surface area contributed by atoms with Crippen LogP contribution in [0, 0.1) is 6.07 Å². The van der Waals surface area contributed by atoms with Crippen molar-refractivity contribution in [3.05, 3.63) is 23.8 Å². The summed E-state index contributed by atoms with van der Waals surface area (Å²) in [5, 5.41) is 17.5. The number of aromatic carboxylic acids is 1. The van der Waals surface area contributed by atoms with Crippen molar-refractivity contribution in [2.24, 2.45) is 0 Å². The largest absolute Gasteiger partial charge is 0.506 e. The number of aromatic hydroxyl groups is 1. The van der Waals surface area contributed by atoms with Crippen LogP contribution in [0.5, 0.6) is 5.75 Å². The van der Waals surface area contributed by atoms with Gasteiger partial charge in [-0.05, 0) is 12.1 Å². The molecule has 0 amide bonds. The first-order valence-corrected chi connectivity index (χ1v) is 4.72. The molecule has 1 aromatic rings. The molecule has 0 heterocycles.